The fourth-order valence-electron chi connectivity index (χ4n) is 4.58. The van der Waals surface area contributed by atoms with Crippen LogP contribution in [0.4, 0.5) is 0 Å². The van der Waals surface area contributed by atoms with Crippen LogP contribution < -0.4 is 16.0 Å². The van der Waals surface area contributed by atoms with Gasteiger partial charge in [0.1, 0.15) is 12.1 Å². The van der Waals surface area contributed by atoms with Crippen molar-refractivity contribution in [2.24, 2.45) is 5.41 Å². The molecular weight excluding hydrogens is 506 g/mol. The average Bonchev–Trinajstić information content (AvgIpc) is 3.46. The van der Waals surface area contributed by atoms with Crippen LogP contribution in [0.1, 0.15) is 57.8 Å². The number of β-amino-alcohol motifs (C(OH)–C–C–N with tert-alkyl or cyclic N) is 1. The minimum atomic E-state index is -0.942. The fourth-order valence-corrected chi connectivity index (χ4v) is 5.39. The summed E-state index contributed by atoms with van der Waals surface area (Å²) in [5, 5.41) is 18.6. The van der Waals surface area contributed by atoms with Gasteiger partial charge in [0, 0.05) is 26.9 Å². The Bertz CT molecular complexity index is 1170. The first-order valence-electron chi connectivity index (χ1n) is 12.6. The minimum absolute atomic E-state index is 0.000893. The summed E-state index contributed by atoms with van der Waals surface area (Å²) in [7, 11) is 1.53. The molecule has 10 nitrogen and oxygen atoms in total. The van der Waals surface area contributed by atoms with Crippen molar-refractivity contribution in [1.29, 1.82) is 0 Å². The van der Waals surface area contributed by atoms with Crippen LogP contribution in [0.3, 0.4) is 0 Å². The number of amides is 4. The number of hydrogen-bond donors (Lipinski definition) is 4. The third kappa shape index (κ3) is 6.96. The highest BCUT2D eigenvalue weighted by Gasteiger charge is 2.44. The third-order valence-corrected chi connectivity index (χ3v) is 7.61. The van der Waals surface area contributed by atoms with E-state index in [-0.39, 0.29) is 31.2 Å². The molecular formula is C27H37N5O5S. The number of nitrogens with one attached hydrogen (secondary N) is 3. The van der Waals surface area contributed by atoms with Crippen LogP contribution in [0.25, 0.3) is 10.4 Å². The number of carbonyl (C=O) groups excluding carboxylic acids is 4. The maximum absolute atomic E-state index is 13.5. The van der Waals surface area contributed by atoms with Crippen molar-refractivity contribution in [3.8, 4) is 10.4 Å². The number of carbonyl (C=O) groups is 4. The standard InChI is InChI=1S/C27H37N5O5S/c1-15-23(38-14-29-15)18-9-7-17(8-10-18)20(12-22(35)28-6)31-25(36)21-11-19(34)13-32(21)26(37)24(27(3,4)5)30-16(2)33/h7-10,14,19-21,24,34H,11-13H2,1-6H3,(H,28,35)(H,30,33)(H,31,36)/t19-,20+,21?,24-/m1/s1. The molecule has 2 aromatic rings. The van der Waals surface area contributed by atoms with E-state index in [0.29, 0.717) is 0 Å². The number of aryl methyl sites for hydroxylation is 1. The minimum Gasteiger partial charge on any atom is -0.391 e. The van der Waals surface area contributed by atoms with E-state index >= 15 is 0 Å². The molecule has 0 aliphatic carbocycles. The summed E-state index contributed by atoms with van der Waals surface area (Å²) in [6.45, 7) is 8.72. The predicted octanol–water partition coefficient (Wildman–Crippen LogP) is 1.92. The number of hydrogen-bond acceptors (Lipinski definition) is 7. The van der Waals surface area contributed by atoms with Crippen LogP contribution in [0, 0.1) is 12.3 Å². The molecule has 1 unspecified atom stereocenters. The first-order chi connectivity index (χ1) is 17.8. The smallest absolute Gasteiger partial charge is 0.246 e. The Morgan fingerprint density at radius 2 is 1.82 bits per heavy atom. The number of aliphatic hydroxyl groups excluding tert-OH is 1. The maximum Gasteiger partial charge on any atom is 0.246 e. The molecule has 4 amide bonds. The number of benzene rings is 1. The van der Waals surface area contributed by atoms with Crippen molar-refractivity contribution in [2.45, 2.75) is 71.7 Å². The summed E-state index contributed by atoms with van der Waals surface area (Å²) in [5.74, 6) is -1.52. The molecule has 0 spiro atoms. The van der Waals surface area contributed by atoms with Crippen LogP contribution in [0.2, 0.25) is 0 Å². The lowest BCUT2D eigenvalue weighted by atomic mass is 9.85. The molecule has 0 saturated carbocycles. The van der Waals surface area contributed by atoms with Gasteiger partial charge < -0.3 is 26.0 Å². The zero-order chi connectivity index (χ0) is 28.2. The van der Waals surface area contributed by atoms with Crippen molar-refractivity contribution >= 4 is 35.0 Å². The van der Waals surface area contributed by atoms with Gasteiger partial charge in [-0.05, 0) is 23.5 Å². The monoisotopic (exact) mass is 543 g/mol. The number of aromatic nitrogens is 1. The van der Waals surface area contributed by atoms with E-state index in [1.54, 1.807) is 5.51 Å². The Morgan fingerprint density at radius 3 is 2.34 bits per heavy atom. The van der Waals surface area contributed by atoms with E-state index in [9.17, 15) is 24.3 Å². The van der Waals surface area contributed by atoms with E-state index < -0.39 is 41.5 Å². The quantitative estimate of drug-likeness (QED) is 0.401. The first-order valence-corrected chi connectivity index (χ1v) is 13.5. The normalized spacial score (nSPS) is 19.0. The molecule has 206 valence electrons. The summed E-state index contributed by atoms with van der Waals surface area (Å²) in [5.41, 5.74) is 3.81. The highest BCUT2D eigenvalue weighted by atomic mass is 32.1. The molecule has 1 aliphatic rings. The fraction of sp³-hybridized carbons (Fsp3) is 0.519. The zero-order valence-electron chi connectivity index (χ0n) is 22.7. The molecule has 1 fully saturated rings. The van der Waals surface area contributed by atoms with E-state index in [1.807, 2.05) is 52.0 Å². The van der Waals surface area contributed by atoms with Crippen LogP contribution in [0.5, 0.6) is 0 Å². The summed E-state index contributed by atoms with van der Waals surface area (Å²) in [4.78, 5) is 57.8. The molecule has 3 rings (SSSR count). The van der Waals surface area contributed by atoms with Crippen molar-refractivity contribution in [3.63, 3.8) is 0 Å². The molecule has 1 saturated heterocycles. The van der Waals surface area contributed by atoms with Gasteiger partial charge in [0.15, 0.2) is 0 Å². The first kappa shape index (κ1) is 29.2. The van der Waals surface area contributed by atoms with E-state index in [1.165, 1.54) is 30.2 Å². The second-order valence-corrected chi connectivity index (χ2v) is 11.6. The lowest BCUT2D eigenvalue weighted by molar-refractivity contribution is -0.144. The Hall–Kier alpha value is -3.31. The van der Waals surface area contributed by atoms with E-state index in [0.717, 1.165) is 21.7 Å². The molecule has 11 heteroatoms. The molecule has 1 aromatic heterocycles. The number of nitrogens with zero attached hydrogens (tertiary/aromatic N) is 2. The van der Waals surface area contributed by atoms with Crippen molar-refractivity contribution in [1.82, 2.24) is 25.8 Å². The second kappa shape index (κ2) is 12.0. The predicted molar refractivity (Wildman–Crippen MR) is 145 cm³/mol. The Balaban J connectivity index is 1.84. The Kier molecular flexibility index (Phi) is 9.26. The third-order valence-electron chi connectivity index (χ3n) is 6.63. The Labute approximate surface area is 227 Å². The highest BCUT2D eigenvalue weighted by Crippen LogP contribution is 2.30. The van der Waals surface area contributed by atoms with Gasteiger partial charge in [-0.2, -0.15) is 0 Å². The van der Waals surface area contributed by atoms with Crippen LogP contribution in [-0.4, -0.2) is 70.4 Å². The molecule has 4 atom stereocenters. The number of thiazole rings is 1. The van der Waals surface area contributed by atoms with Crippen LogP contribution in [0.15, 0.2) is 29.8 Å². The van der Waals surface area contributed by atoms with Gasteiger partial charge in [0.25, 0.3) is 0 Å². The molecule has 0 bridgehead atoms. The topological polar surface area (TPSA) is 141 Å². The Morgan fingerprint density at radius 1 is 1.16 bits per heavy atom. The highest BCUT2D eigenvalue weighted by molar-refractivity contribution is 7.13. The number of likely N-dealkylation sites (tertiary alicyclic amines) is 1. The van der Waals surface area contributed by atoms with Gasteiger partial charge in [-0.25, -0.2) is 4.98 Å². The van der Waals surface area contributed by atoms with Gasteiger partial charge in [0.2, 0.25) is 23.6 Å². The zero-order valence-corrected chi connectivity index (χ0v) is 23.5. The molecule has 38 heavy (non-hydrogen) atoms. The number of aliphatic hydroxyl groups is 1. The van der Waals surface area contributed by atoms with Crippen molar-refractivity contribution < 1.29 is 24.3 Å². The van der Waals surface area contributed by atoms with Gasteiger partial charge in [-0.1, -0.05) is 45.0 Å². The van der Waals surface area contributed by atoms with Crippen molar-refractivity contribution in [2.75, 3.05) is 13.6 Å². The van der Waals surface area contributed by atoms with Crippen LogP contribution in [-0.2, 0) is 19.2 Å². The lowest BCUT2D eigenvalue weighted by Gasteiger charge is -2.35. The molecule has 0 radical (unpaired) electrons. The van der Waals surface area contributed by atoms with Crippen LogP contribution >= 0.6 is 11.3 Å². The van der Waals surface area contributed by atoms with E-state index in [2.05, 4.69) is 20.9 Å². The number of rotatable bonds is 8. The molecule has 1 aliphatic heterocycles. The van der Waals surface area contributed by atoms with Gasteiger partial charge in [-0.3, -0.25) is 19.2 Å². The SMILES string of the molecule is CNC(=O)C[C@H](NC(=O)C1C[C@@H](O)CN1C(=O)[C@@H](NC(C)=O)C(C)(C)C)c1ccc(-c2scnc2C)cc1. The molecule has 4 N–H and O–H groups in total. The van der Waals surface area contributed by atoms with Gasteiger partial charge >= 0.3 is 0 Å². The van der Waals surface area contributed by atoms with Gasteiger partial charge in [0.05, 0.1) is 34.6 Å². The maximum atomic E-state index is 13.5. The average molecular weight is 544 g/mol. The molecule has 2 heterocycles. The lowest BCUT2D eigenvalue weighted by Crippen LogP contribution is -2.57. The van der Waals surface area contributed by atoms with Gasteiger partial charge in [-0.15, -0.1) is 11.3 Å². The molecule has 1 aromatic carbocycles. The summed E-state index contributed by atoms with van der Waals surface area (Å²) in [6, 6.07) is 5.11. The van der Waals surface area contributed by atoms with E-state index in [4.69, 9.17) is 0 Å². The van der Waals surface area contributed by atoms with Crippen molar-refractivity contribution in [3.05, 3.63) is 41.0 Å². The summed E-state index contributed by atoms with van der Waals surface area (Å²) >= 11 is 1.54. The second-order valence-electron chi connectivity index (χ2n) is 10.7. The largest absolute Gasteiger partial charge is 0.391 e. The summed E-state index contributed by atoms with van der Waals surface area (Å²) < 4.78 is 0. The summed E-state index contributed by atoms with van der Waals surface area (Å²) in [6.07, 6.45) is -0.821.